The normalized spacial score (nSPS) is 11.1. The molecule has 0 aliphatic heterocycles. The third kappa shape index (κ3) is 4.90. The first kappa shape index (κ1) is 22.5. The van der Waals surface area contributed by atoms with Gasteiger partial charge in [0, 0.05) is 13.0 Å². The lowest BCUT2D eigenvalue weighted by atomic mass is 10.2. The Morgan fingerprint density at radius 3 is 2.61 bits per heavy atom. The summed E-state index contributed by atoms with van der Waals surface area (Å²) in [6.07, 6.45) is 0.774. The van der Waals surface area contributed by atoms with Gasteiger partial charge in [0.15, 0.2) is 5.16 Å². The summed E-state index contributed by atoms with van der Waals surface area (Å²) in [5.41, 5.74) is 1.17. The maximum atomic E-state index is 13.2. The Balaban J connectivity index is 1.56. The van der Waals surface area contributed by atoms with Gasteiger partial charge in [-0.15, -0.1) is 10.2 Å². The first-order valence-corrected chi connectivity index (χ1v) is 11.6. The molecule has 10 heteroatoms. The number of rotatable bonds is 9. The number of benzene rings is 2. The lowest BCUT2D eigenvalue weighted by Gasteiger charge is -2.11. The van der Waals surface area contributed by atoms with E-state index < -0.39 is 0 Å². The molecular weight excluding hydrogens is 442 g/mol. The molecule has 0 saturated carbocycles. The fourth-order valence-electron chi connectivity index (χ4n) is 3.46. The van der Waals surface area contributed by atoms with Crippen LogP contribution < -0.4 is 10.9 Å². The van der Waals surface area contributed by atoms with Gasteiger partial charge in [0.25, 0.3) is 5.56 Å². The van der Waals surface area contributed by atoms with Crippen molar-refractivity contribution in [1.82, 2.24) is 24.5 Å². The fraction of sp³-hybridized carbons (Fsp3) is 0.261. The molecule has 0 saturated heterocycles. The minimum absolute atomic E-state index is 0.124. The maximum Gasteiger partial charge on any atom is 0.305 e. The van der Waals surface area contributed by atoms with Gasteiger partial charge in [-0.1, -0.05) is 42.1 Å². The first-order chi connectivity index (χ1) is 16.1. The summed E-state index contributed by atoms with van der Waals surface area (Å²) in [5, 5.41) is 12.4. The van der Waals surface area contributed by atoms with Crippen molar-refractivity contribution < 1.29 is 14.3 Å². The Labute approximate surface area is 193 Å². The zero-order valence-electron chi connectivity index (χ0n) is 18.1. The summed E-state index contributed by atoms with van der Waals surface area (Å²) in [4.78, 5) is 36.9. The molecule has 4 aromatic rings. The van der Waals surface area contributed by atoms with Crippen molar-refractivity contribution >= 4 is 40.3 Å². The van der Waals surface area contributed by atoms with E-state index in [2.05, 4.69) is 15.5 Å². The average molecular weight is 466 g/mol. The van der Waals surface area contributed by atoms with Gasteiger partial charge >= 0.3 is 5.97 Å². The van der Waals surface area contributed by atoms with Crippen molar-refractivity contribution in [3.8, 4) is 5.69 Å². The molecule has 0 aliphatic carbocycles. The van der Waals surface area contributed by atoms with Crippen molar-refractivity contribution in [2.24, 2.45) is 0 Å². The smallest absolute Gasteiger partial charge is 0.305 e. The molecule has 0 unspecified atom stereocenters. The molecule has 0 fully saturated rings. The number of nitrogens with zero attached hydrogens (tertiary/aromatic N) is 4. The molecule has 0 bridgehead atoms. The summed E-state index contributed by atoms with van der Waals surface area (Å²) in [5.74, 6) is 0.0508. The highest BCUT2D eigenvalue weighted by Gasteiger charge is 2.18. The minimum Gasteiger partial charge on any atom is -0.466 e. The van der Waals surface area contributed by atoms with Crippen LogP contribution in [0, 0.1) is 0 Å². The predicted octanol–water partition coefficient (Wildman–Crippen LogP) is 2.58. The molecule has 0 aliphatic rings. The van der Waals surface area contributed by atoms with Gasteiger partial charge < -0.3 is 10.1 Å². The Morgan fingerprint density at radius 2 is 1.82 bits per heavy atom. The van der Waals surface area contributed by atoms with E-state index in [1.807, 2.05) is 48.5 Å². The number of carbonyl (C=O) groups is 2. The molecule has 33 heavy (non-hydrogen) atoms. The van der Waals surface area contributed by atoms with Crippen LogP contribution in [0.3, 0.4) is 0 Å². The van der Waals surface area contributed by atoms with E-state index in [1.54, 1.807) is 17.4 Å². The zero-order chi connectivity index (χ0) is 23.2. The zero-order valence-corrected chi connectivity index (χ0v) is 18.9. The number of amides is 1. The van der Waals surface area contributed by atoms with Gasteiger partial charge in [-0.2, -0.15) is 0 Å². The molecule has 2 aromatic carbocycles. The summed E-state index contributed by atoms with van der Waals surface area (Å²) in [7, 11) is 0. The third-order valence-corrected chi connectivity index (χ3v) is 5.86. The van der Waals surface area contributed by atoms with E-state index in [9.17, 15) is 14.4 Å². The van der Waals surface area contributed by atoms with Gasteiger partial charge in [-0.3, -0.25) is 18.8 Å². The second kappa shape index (κ2) is 10.3. The predicted molar refractivity (Wildman–Crippen MR) is 126 cm³/mol. The minimum atomic E-state index is -0.271. The number of hydrogen-bond acceptors (Lipinski definition) is 7. The van der Waals surface area contributed by atoms with E-state index in [4.69, 9.17) is 4.74 Å². The van der Waals surface area contributed by atoms with Gasteiger partial charge in [0.2, 0.25) is 11.7 Å². The van der Waals surface area contributed by atoms with Crippen LogP contribution in [-0.4, -0.2) is 49.9 Å². The number of carbonyl (C=O) groups excluding carboxylic acids is 2. The van der Waals surface area contributed by atoms with Crippen molar-refractivity contribution in [2.45, 2.75) is 24.9 Å². The molecule has 1 amide bonds. The Kier molecular flexibility index (Phi) is 7.04. The first-order valence-electron chi connectivity index (χ1n) is 10.6. The van der Waals surface area contributed by atoms with Crippen molar-refractivity contribution in [1.29, 1.82) is 0 Å². The Bertz CT molecular complexity index is 1350. The number of fused-ring (bicyclic) bond motifs is 3. The molecule has 4 rings (SSSR count). The summed E-state index contributed by atoms with van der Waals surface area (Å²) < 4.78 is 8.19. The Hall–Kier alpha value is -3.66. The SMILES string of the molecule is CCOC(=O)CCCNC(=O)CSc1nnc2n(-c3ccccc3)c(=O)c3ccccc3n12. The molecule has 0 radical (unpaired) electrons. The van der Waals surface area contributed by atoms with Crippen molar-refractivity contribution in [3.05, 3.63) is 65.0 Å². The number of aromatic nitrogens is 4. The van der Waals surface area contributed by atoms with E-state index in [1.165, 1.54) is 16.3 Å². The summed E-state index contributed by atoms with van der Waals surface area (Å²) >= 11 is 1.23. The second-order valence-electron chi connectivity index (χ2n) is 7.16. The van der Waals surface area contributed by atoms with Crippen LogP contribution in [0.25, 0.3) is 22.4 Å². The molecule has 1 N–H and O–H groups in total. The number of hydrogen-bond donors (Lipinski definition) is 1. The molecule has 2 aromatic heterocycles. The van der Waals surface area contributed by atoms with Crippen LogP contribution >= 0.6 is 11.8 Å². The number of nitrogens with one attached hydrogen (secondary N) is 1. The average Bonchev–Trinajstić information content (AvgIpc) is 3.25. The quantitative estimate of drug-likeness (QED) is 0.230. The van der Waals surface area contributed by atoms with Crippen LogP contribution in [0.15, 0.2) is 64.5 Å². The van der Waals surface area contributed by atoms with Gasteiger partial charge in [-0.05, 0) is 37.6 Å². The number of ether oxygens (including phenoxy) is 1. The Morgan fingerprint density at radius 1 is 1.06 bits per heavy atom. The van der Waals surface area contributed by atoms with Gasteiger partial charge in [-0.25, -0.2) is 4.57 Å². The number of para-hydroxylation sites is 2. The van der Waals surface area contributed by atoms with E-state index in [0.29, 0.717) is 47.1 Å². The van der Waals surface area contributed by atoms with Crippen LogP contribution in [0.4, 0.5) is 0 Å². The van der Waals surface area contributed by atoms with E-state index in [-0.39, 0.29) is 29.6 Å². The standard InChI is InChI=1S/C23H23N5O4S/c1-2-32-20(30)13-8-14-24-19(29)15-33-23-26-25-22-27(16-9-4-3-5-10-16)21(31)17-11-6-7-12-18(17)28(22)23/h3-7,9-12H,2,8,13-15H2,1H3,(H,24,29). The fourth-order valence-corrected chi connectivity index (χ4v) is 4.23. The van der Waals surface area contributed by atoms with E-state index >= 15 is 0 Å². The molecule has 170 valence electrons. The molecular formula is C23H23N5O4S. The highest BCUT2D eigenvalue weighted by atomic mass is 32.2. The lowest BCUT2D eigenvalue weighted by molar-refractivity contribution is -0.143. The number of esters is 1. The molecule has 9 nitrogen and oxygen atoms in total. The lowest BCUT2D eigenvalue weighted by Crippen LogP contribution is -2.26. The van der Waals surface area contributed by atoms with Crippen molar-refractivity contribution in [2.75, 3.05) is 18.9 Å². The third-order valence-electron chi connectivity index (χ3n) is 4.93. The van der Waals surface area contributed by atoms with Crippen LogP contribution in [0.1, 0.15) is 19.8 Å². The van der Waals surface area contributed by atoms with Crippen LogP contribution in [0.5, 0.6) is 0 Å². The molecule has 2 heterocycles. The van der Waals surface area contributed by atoms with Gasteiger partial charge in [0.05, 0.1) is 29.0 Å². The monoisotopic (exact) mass is 465 g/mol. The highest BCUT2D eigenvalue weighted by molar-refractivity contribution is 7.99. The highest BCUT2D eigenvalue weighted by Crippen LogP contribution is 2.23. The van der Waals surface area contributed by atoms with E-state index in [0.717, 1.165) is 0 Å². The van der Waals surface area contributed by atoms with Gasteiger partial charge in [0.1, 0.15) is 0 Å². The number of thioether (sulfide) groups is 1. The summed E-state index contributed by atoms with van der Waals surface area (Å²) in [6.45, 7) is 2.49. The maximum absolute atomic E-state index is 13.2. The van der Waals surface area contributed by atoms with Crippen LogP contribution in [0.2, 0.25) is 0 Å². The summed E-state index contributed by atoms with van der Waals surface area (Å²) in [6, 6.07) is 16.5. The van der Waals surface area contributed by atoms with Crippen molar-refractivity contribution in [3.63, 3.8) is 0 Å². The molecule has 0 atom stereocenters. The molecule has 0 spiro atoms. The second-order valence-corrected chi connectivity index (χ2v) is 8.10. The van der Waals surface area contributed by atoms with Crippen LogP contribution in [-0.2, 0) is 14.3 Å². The topological polar surface area (TPSA) is 108 Å². The largest absolute Gasteiger partial charge is 0.466 e.